The number of likely N-dealkylation sites (tertiary alicyclic amines) is 1. The van der Waals surface area contributed by atoms with Crippen molar-refractivity contribution in [3.8, 4) is 17.2 Å². The van der Waals surface area contributed by atoms with Crippen LogP contribution in [0.15, 0.2) is 66.9 Å². The molecule has 1 unspecified atom stereocenters. The number of aromatic nitrogens is 1. The fourth-order valence-electron chi connectivity index (χ4n) is 4.49. The summed E-state index contributed by atoms with van der Waals surface area (Å²) in [4.78, 5) is 20.0. The highest BCUT2D eigenvalue weighted by atomic mass is 19.1. The first-order valence-corrected chi connectivity index (χ1v) is 11.9. The molecule has 0 aliphatic carbocycles. The number of ether oxygens (including phenoxy) is 3. The standard InChI is InChI=1S/C27H28FN3O4/c28-21-5-1-2-7-23(21)33-16-15-31-13-10-19(11-14-31)27(32)30-26(22-6-3-4-12-29-22)20-8-9-24-25(17-20)35-18-34-24/h1-9,12,17,19,26H,10-11,13-16,18H2,(H,30,32). The summed E-state index contributed by atoms with van der Waals surface area (Å²) in [5.74, 6) is 1.22. The van der Waals surface area contributed by atoms with Crippen molar-refractivity contribution >= 4 is 5.91 Å². The fraction of sp³-hybridized carbons (Fsp3) is 0.333. The number of nitrogens with one attached hydrogen (secondary N) is 1. The second-order valence-electron chi connectivity index (χ2n) is 8.70. The molecular formula is C27H28FN3O4. The van der Waals surface area contributed by atoms with Gasteiger partial charge in [0.1, 0.15) is 6.61 Å². The van der Waals surface area contributed by atoms with Crippen LogP contribution >= 0.6 is 0 Å². The van der Waals surface area contributed by atoms with Gasteiger partial charge in [-0.3, -0.25) is 14.7 Å². The van der Waals surface area contributed by atoms with Gasteiger partial charge in [-0.1, -0.05) is 24.3 Å². The normalized spacial score (nSPS) is 16.6. The van der Waals surface area contributed by atoms with Crippen molar-refractivity contribution in [2.24, 2.45) is 5.92 Å². The molecule has 3 heterocycles. The Labute approximate surface area is 203 Å². The van der Waals surface area contributed by atoms with Crippen LogP contribution in [0, 0.1) is 11.7 Å². The van der Waals surface area contributed by atoms with E-state index in [1.54, 1.807) is 24.4 Å². The van der Waals surface area contributed by atoms with E-state index in [1.807, 2.05) is 36.4 Å². The molecule has 3 aromatic rings. The van der Waals surface area contributed by atoms with Crippen molar-refractivity contribution in [1.29, 1.82) is 0 Å². The summed E-state index contributed by atoms with van der Waals surface area (Å²) in [6, 6.07) is 17.4. The van der Waals surface area contributed by atoms with Crippen molar-refractivity contribution in [1.82, 2.24) is 15.2 Å². The highest BCUT2D eigenvalue weighted by molar-refractivity contribution is 5.79. The third-order valence-corrected chi connectivity index (χ3v) is 6.46. The predicted molar refractivity (Wildman–Crippen MR) is 128 cm³/mol. The highest BCUT2D eigenvalue weighted by Gasteiger charge is 2.28. The number of halogens is 1. The molecule has 0 saturated carbocycles. The quantitative estimate of drug-likeness (QED) is 0.530. The van der Waals surface area contributed by atoms with Gasteiger partial charge in [0.05, 0.1) is 11.7 Å². The van der Waals surface area contributed by atoms with Gasteiger partial charge >= 0.3 is 0 Å². The Balaban J connectivity index is 1.17. The number of benzene rings is 2. The van der Waals surface area contributed by atoms with Crippen LogP contribution in [0.5, 0.6) is 17.2 Å². The summed E-state index contributed by atoms with van der Waals surface area (Å²) in [5.41, 5.74) is 1.66. The smallest absolute Gasteiger partial charge is 0.231 e. The molecule has 2 aliphatic heterocycles. The number of hydrogen-bond donors (Lipinski definition) is 1. The summed E-state index contributed by atoms with van der Waals surface area (Å²) in [7, 11) is 0. The Kier molecular flexibility index (Phi) is 7.09. The Morgan fingerprint density at radius 2 is 1.89 bits per heavy atom. The van der Waals surface area contributed by atoms with E-state index in [4.69, 9.17) is 14.2 Å². The maximum absolute atomic E-state index is 13.7. The largest absolute Gasteiger partial charge is 0.489 e. The summed E-state index contributed by atoms with van der Waals surface area (Å²) < 4.78 is 30.2. The molecule has 182 valence electrons. The molecule has 2 aliphatic rings. The van der Waals surface area contributed by atoms with Crippen molar-refractivity contribution < 1.29 is 23.4 Å². The topological polar surface area (TPSA) is 72.9 Å². The Bertz CT molecular complexity index is 1150. The SMILES string of the molecule is O=C(NC(c1ccc2c(c1)OCO2)c1ccccn1)C1CCN(CCOc2ccccc2F)CC1. The predicted octanol–water partition coefficient (Wildman–Crippen LogP) is 3.95. The van der Waals surface area contributed by atoms with Gasteiger partial charge in [-0.05, 0) is 67.9 Å². The van der Waals surface area contributed by atoms with Crippen molar-refractivity contribution in [3.63, 3.8) is 0 Å². The number of amides is 1. The lowest BCUT2D eigenvalue weighted by molar-refractivity contribution is -0.127. The maximum atomic E-state index is 13.7. The number of hydrogen-bond acceptors (Lipinski definition) is 6. The number of carbonyl (C=O) groups is 1. The number of nitrogens with zero attached hydrogens (tertiary/aromatic N) is 2. The van der Waals surface area contributed by atoms with Crippen LogP contribution in [0.3, 0.4) is 0 Å². The van der Waals surface area contributed by atoms with Crippen LogP contribution < -0.4 is 19.5 Å². The van der Waals surface area contributed by atoms with Crippen LogP contribution in [0.25, 0.3) is 0 Å². The molecule has 7 nitrogen and oxygen atoms in total. The number of para-hydroxylation sites is 1. The zero-order chi connectivity index (χ0) is 24.0. The van der Waals surface area contributed by atoms with Gasteiger partial charge in [0.2, 0.25) is 12.7 Å². The lowest BCUT2D eigenvalue weighted by atomic mass is 9.94. The summed E-state index contributed by atoms with van der Waals surface area (Å²) in [5, 5.41) is 3.21. The first-order valence-electron chi connectivity index (χ1n) is 11.9. The van der Waals surface area contributed by atoms with Gasteiger partial charge < -0.3 is 19.5 Å². The molecule has 0 radical (unpaired) electrons. The van der Waals surface area contributed by atoms with E-state index in [0.29, 0.717) is 24.7 Å². The molecule has 35 heavy (non-hydrogen) atoms. The average Bonchev–Trinajstić information content (AvgIpc) is 3.37. The second kappa shape index (κ2) is 10.7. The number of rotatable bonds is 8. The molecule has 0 bridgehead atoms. The molecule has 1 amide bonds. The zero-order valence-corrected chi connectivity index (χ0v) is 19.4. The van der Waals surface area contributed by atoms with E-state index in [0.717, 1.165) is 37.2 Å². The molecule has 8 heteroatoms. The first-order chi connectivity index (χ1) is 17.2. The van der Waals surface area contributed by atoms with Crippen LogP contribution in [-0.2, 0) is 4.79 Å². The zero-order valence-electron chi connectivity index (χ0n) is 19.4. The minimum Gasteiger partial charge on any atom is -0.489 e. The van der Waals surface area contributed by atoms with E-state index >= 15 is 0 Å². The highest BCUT2D eigenvalue weighted by Crippen LogP contribution is 2.35. The van der Waals surface area contributed by atoms with Crippen molar-refractivity contribution in [2.75, 3.05) is 33.0 Å². The molecule has 1 fully saturated rings. The van der Waals surface area contributed by atoms with Crippen molar-refractivity contribution in [3.05, 3.63) is 83.9 Å². The first kappa shape index (κ1) is 23.1. The maximum Gasteiger partial charge on any atom is 0.231 e. The second-order valence-corrected chi connectivity index (χ2v) is 8.70. The summed E-state index contributed by atoms with van der Waals surface area (Å²) in [6.45, 7) is 2.87. The lowest BCUT2D eigenvalue weighted by Crippen LogP contribution is -2.43. The van der Waals surface area contributed by atoms with E-state index in [2.05, 4.69) is 15.2 Å². The van der Waals surface area contributed by atoms with Gasteiger partial charge in [0.25, 0.3) is 0 Å². The van der Waals surface area contributed by atoms with E-state index in [-0.39, 0.29) is 36.2 Å². The van der Waals surface area contributed by atoms with Gasteiger partial charge in [-0.25, -0.2) is 4.39 Å². The molecule has 5 rings (SSSR count). The van der Waals surface area contributed by atoms with Crippen LogP contribution in [0.4, 0.5) is 4.39 Å². The average molecular weight is 478 g/mol. The van der Waals surface area contributed by atoms with E-state index in [1.165, 1.54) is 6.07 Å². The number of piperidine rings is 1. The molecule has 0 spiro atoms. The van der Waals surface area contributed by atoms with Gasteiger partial charge in [-0.15, -0.1) is 0 Å². The number of pyridine rings is 1. The molecule has 1 atom stereocenters. The molecule has 1 N–H and O–H groups in total. The van der Waals surface area contributed by atoms with Crippen molar-refractivity contribution in [2.45, 2.75) is 18.9 Å². The minimum atomic E-state index is -0.384. The Morgan fingerprint density at radius 1 is 1.09 bits per heavy atom. The van der Waals surface area contributed by atoms with Gasteiger partial charge in [0, 0.05) is 18.7 Å². The van der Waals surface area contributed by atoms with Crippen LogP contribution in [0.1, 0.15) is 30.1 Å². The number of fused-ring (bicyclic) bond motifs is 1. The fourth-order valence-corrected chi connectivity index (χ4v) is 4.49. The number of carbonyl (C=O) groups excluding carboxylic acids is 1. The third kappa shape index (κ3) is 5.54. The molecule has 1 aromatic heterocycles. The summed E-state index contributed by atoms with van der Waals surface area (Å²) in [6.07, 6.45) is 3.23. The summed E-state index contributed by atoms with van der Waals surface area (Å²) >= 11 is 0. The minimum absolute atomic E-state index is 0.0144. The van der Waals surface area contributed by atoms with Crippen LogP contribution in [0.2, 0.25) is 0 Å². The molecule has 1 saturated heterocycles. The van der Waals surface area contributed by atoms with E-state index in [9.17, 15) is 9.18 Å². The third-order valence-electron chi connectivity index (χ3n) is 6.46. The van der Waals surface area contributed by atoms with Gasteiger partial charge in [-0.2, -0.15) is 0 Å². The van der Waals surface area contributed by atoms with E-state index < -0.39 is 0 Å². The molecule has 2 aromatic carbocycles. The lowest BCUT2D eigenvalue weighted by Gasteiger charge is -2.32. The Hall–Kier alpha value is -3.65. The molecular weight excluding hydrogens is 449 g/mol. The Morgan fingerprint density at radius 3 is 2.69 bits per heavy atom. The van der Waals surface area contributed by atoms with Crippen LogP contribution in [-0.4, -0.2) is 48.8 Å². The van der Waals surface area contributed by atoms with Gasteiger partial charge in [0.15, 0.2) is 23.1 Å². The monoisotopic (exact) mass is 477 g/mol.